The van der Waals surface area contributed by atoms with E-state index in [1.165, 1.54) is 0 Å². The van der Waals surface area contributed by atoms with Gasteiger partial charge in [-0.25, -0.2) is 4.79 Å². The Kier molecular flexibility index (Phi) is 5.48. The van der Waals surface area contributed by atoms with Gasteiger partial charge in [-0.1, -0.05) is 29.8 Å². The van der Waals surface area contributed by atoms with Crippen LogP contribution in [0, 0.1) is 0 Å². The first kappa shape index (κ1) is 18.7. The van der Waals surface area contributed by atoms with E-state index in [0.717, 1.165) is 18.4 Å². The summed E-state index contributed by atoms with van der Waals surface area (Å²) in [7, 11) is 0. The first-order valence-corrected chi connectivity index (χ1v) is 9.17. The lowest BCUT2D eigenvalue weighted by Crippen LogP contribution is -2.57. The molecule has 0 radical (unpaired) electrons. The van der Waals surface area contributed by atoms with Crippen LogP contribution in [0.15, 0.2) is 34.3 Å². The van der Waals surface area contributed by atoms with E-state index in [4.69, 9.17) is 38.5 Å². The van der Waals surface area contributed by atoms with E-state index in [1.54, 1.807) is 0 Å². The predicted octanol–water partition coefficient (Wildman–Crippen LogP) is 1.47. The van der Waals surface area contributed by atoms with Crippen LogP contribution in [0.5, 0.6) is 0 Å². The standard InChI is InChI=1S/C18H24ClN5O2/c19-12-6-2-1-5-11(12)18(22)9-3-8-14-15(18)24-13(16(25)26-14)7-4-10-23-17(20)21/h1-2,5-6,13-14H,3-4,7-10,22H2,(H4,20,21,23)/t13?,14-,18-/m1/s1. The van der Waals surface area contributed by atoms with Gasteiger partial charge in [-0.15, -0.1) is 0 Å². The maximum absolute atomic E-state index is 12.3. The van der Waals surface area contributed by atoms with Gasteiger partial charge in [0.15, 0.2) is 5.96 Å². The van der Waals surface area contributed by atoms with E-state index >= 15 is 0 Å². The van der Waals surface area contributed by atoms with E-state index in [-0.39, 0.29) is 18.0 Å². The van der Waals surface area contributed by atoms with Crippen molar-refractivity contribution in [2.24, 2.45) is 27.2 Å². The minimum absolute atomic E-state index is 0.0366. The number of fused-ring (bicyclic) bond motifs is 1. The van der Waals surface area contributed by atoms with E-state index in [9.17, 15) is 4.79 Å². The van der Waals surface area contributed by atoms with Crippen LogP contribution in [0.2, 0.25) is 5.02 Å². The van der Waals surface area contributed by atoms with E-state index in [2.05, 4.69) is 4.99 Å². The molecule has 3 atom stereocenters. The lowest BCUT2D eigenvalue weighted by Gasteiger charge is -2.42. The summed E-state index contributed by atoms with van der Waals surface area (Å²) < 4.78 is 5.66. The molecule has 1 unspecified atom stereocenters. The van der Waals surface area contributed by atoms with Gasteiger partial charge in [0.2, 0.25) is 0 Å². The molecule has 1 aliphatic carbocycles. The molecule has 26 heavy (non-hydrogen) atoms. The van der Waals surface area contributed by atoms with Gasteiger partial charge in [-0.05, 0) is 43.7 Å². The van der Waals surface area contributed by atoms with Crippen LogP contribution in [0.1, 0.15) is 37.7 Å². The van der Waals surface area contributed by atoms with Crippen LogP contribution in [0.4, 0.5) is 0 Å². The molecule has 0 bridgehead atoms. The number of carbonyl (C=O) groups excluding carboxylic acids is 1. The maximum atomic E-state index is 12.3. The van der Waals surface area contributed by atoms with Crippen LogP contribution in [0.25, 0.3) is 0 Å². The molecule has 1 aromatic rings. The van der Waals surface area contributed by atoms with Crippen LogP contribution in [-0.2, 0) is 15.1 Å². The topological polar surface area (TPSA) is 129 Å². The number of benzene rings is 1. The van der Waals surface area contributed by atoms with Gasteiger partial charge in [0.1, 0.15) is 12.1 Å². The molecule has 0 amide bonds. The molecule has 1 aromatic carbocycles. The first-order chi connectivity index (χ1) is 12.4. The second-order valence-electron chi connectivity index (χ2n) is 6.75. The summed E-state index contributed by atoms with van der Waals surface area (Å²) in [5.41, 5.74) is 18.1. The van der Waals surface area contributed by atoms with Crippen molar-refractivity contribution < 1.29 is 9.53 Å². The largest absolute Gasteiger partial charge is 0.455 e. The minimum Gasteiger partial charge on any atom is -0.455 e. The number of rotatable bonds is 5. The van der Waals surface area contributed by atoms with Crippen molar-refractivity contribution in [2.45, 2.75) is 49.8 Å². The highest BCUT2D eigenvalue weighted by molar-refractivity contribution is 6.32. The summed E-state index contributed by atoms with van der Waals surface area (Å²) >= 11 is 6.39. The second-order valence-corrected chi connectivity index (χ2v) is 7.16. The molecule has 8 heteroatoms. The lowest BCUT2D eigenvalue weighted by molar-refractivity contribution is -0.150. The fourth-order valence-corrected chi connectivity index (χ4v) is 3.95. The Labute approximate surface area is 157 Å². The quantitative estimate of drug-likeness (QED) is 0.309. The molecule has 6 N–H and O–H groups in total. The first-order valence-electron chi connectivity index (χ1n) is 8.80. The highest BCUT2D eigenvalue weighted by Crippen LogP contribution is 2.39. The molecule has 140 valence electrons. The third-order valence-electron chi connectivity index (χ3n) is 4.91. The van der Waals surface area contributed by atoms with Crippen molar-refractivity contribution in [1.29, 1.82) is 0 Å². The van der Waals surface area contributed by atoms with Crippen molar-refractivity contribution in [3.8, 4) is 0 Å². The Balaban J connectivity index is 1.87. The van der Waals surface area contributed by atoms with Gasteiger partial charge < -0.3 is 21.9 Å². The monoisotopic (exact) mass is 377 g/mol. The van der Waals surface area contributed by atoms with Gasteiger partial charge >= 0.3 is 5.97 Å². The average molecular weight is 378 g/mol. The van der Waals surface area contributed by atoms with Crippen LogP contribution >= 0.6 is 11.6 Å². The van der Waals surface area contributed by atoms with Gasteiger partial charge in [-0.2, -0.15) is 0 Å². The summed E-state index contributed by atoms with van der Waals surface area (Å²) in [6.45, 7) is 0.443. The van der Waals surface area contributed by atoms with Crippen molar-refractivity contribution in [3.05, 3.63) is 34.9 Å². The molecular weight excluding hydrogens is 354 g/mol. The smallest absolute Gasteiger partial charge is 0.331 e. The highest BCUT2D eigenvalue weighted by atomic mass is 35.5. The molecule has 1 saturated carbocycles. The normalized spacial score (nSPS) is 27.9. The third-order valence-corrected chi connectivity index (χ3v) is 5.24. The zero-order valence-corrected chi connectivity index (χ0v) is 15.3. The number of aliphatic imine (C=N–C) groups is 2. The Morgan fingerprint density at radius 2 is 2.15 bits per heavy atom. The Morgan fingerprint density at radius 3 is 2.88 bits per heavy atom. The highest BCUT2D eigenvalue weighted by Gasteiger charge is 2.47. The number of nitrogens with zero attached hydrogens (tertiary/aromatic N) is 2. The van der Waals surface area contributed by atoms with Crippen molar-refractivity contribution in [1.82, 2.24) is 0 Å². The number of ether oxygens (including phenoxy) is 1. The number of halogens is 1. The van der Waals surface area contributed by atoms with Gasteiger partial charge in [0, 0.05) is 11.6 Å². The van der Waals surface area contributed by atoms with Gasteiger partial charge in [0.05, 0.1) is 11.3 Å². The third kappa shape index (κ3) is 3.68. The van der Waals surface area contributed by atoms with E-state index < -0.39 is 11.6 Å². The number of guanidine groups is 1. The minimum atomic E-state index is -0.819. The Bertz CT molecular complexity index is 747. The molecule has 7 nitrogen and oxygen atoms in total. The Morgan fingerprint density at radius 1 is 1.38 bits per heavy atom. The number of hydrogen-bond acceptors (Lipinski definition) is 5. The molecule has 1 fully saturated rings. The van der Waals surface area contributed by atoms with E-state index in [1.807, 2.05) is 24.3 Å². The van der Waals surface area contributed by atoms with Gasteiger partial charge in [0.25, 0.3) is 0 Å². The van der Waals surface area contributed by atoms with Crippen LogP contribution in [0.3, 0.4) is 0 Å². The molecule has 1 aliphatic heterocycles. The van der Waals surface area contributed by atoms with Crippen LogP contribution < -0.4 is 17.2 Å². The maximum Gasteiger partial charge on any atom is 0.331 e. The molecule has 0 saturated heterocycles. The summed E-state index contributed by atoms with van der Waals surface area (Å²) in [5.74, 6) is -0.276. The summed E-state index contributed by atoms with van der Waals surface area (Å²) in [6.07, 6.45) is 3.03. The summed E-state index contributed by atoms with van der Waals surface area (Å²) in [4.78, 5) is 21.0. The SMILES string of the molecule is NC(N)=NCCCC1N=C2[C@@H](CCC[C@@]2(N)c2ccccc2Cl)OC1=O. The molecule has 0 spiro atoms. The fourth-order valence-electron chi connectivity index (χ4n) is 3.64. The van der Waals surface area contributed by atoms with Gasteiger partial charge in [-0.3, -0.25) is 9.98 Å². The zero-order valence-electron chi connectivity index (χ0n) is 14.5. The fraction of sp³-hybridized carbons (Fsp3) is 0.500. The second kappa shape index (κ2) is 7.63. The Hall–Kier alpha value is -2.12. The molecular formula is C18H24ClN5O2. The number of nitrogens with two attached hydrogens (primary N) is 3. The van der Waals surface area contributed by atoms with Crippen LogP contribution in [-0.4, -0.2) is 36.3 Å². The molecule has 3 rings (SSSR count). The predicted molar refractivity (Wildman–Crippen MR) is 102 cm³/mol. The molecule has 1 heterocycles. The average Bonchev–Trinajstić information content (AvgIpc) is 2.59. The van der Waals surface area contributed by atoms with Crippen molar-refractivity contribution in [2.75, 3.05) is 6.54 Å². The molecule has 0 aromatic heterocycles. The number of esters is 1. The number of carbonyl (C=O) groups is 1. The lowest BCUT2D eigenvalue weighted by atomic mass is 9.73. The van der Waals surface area contributed by atoms with Crippen molar-refractivity contribution >= 4 is 29.2 Å². The number of hydrogen-bond donors (Lipinski definition) is 3. The zero-order chi connectivity index (χ0) is 18.7. The molecule has 2 aliphatic rings. The summed E-state index contributed by atoms with van der Waals surface area (Å²) in [5, 5.41) is 0.597. The van der Waals surface area contributed by atoms with E-state index in [0.29, 0.717) is 36.5 Å². The summed E-state index contributed by atoms with van der Waals surface area (Å²) in [6, 6.07) is 6.92. The van der Waals surface area contributed by atoms with Crippen molar-refractivity contribution in [3.63, 3.8) is 0 Å².